The highest BCUT2D eigenvalue weighted by molar-refractivity contribution is 5.47. The zero-order valence-corrected chi connectivity index (χ0v) is 14.2. The molecule has 0 saturated heterocycles. The topological polar surface area (TPSA) is 9.23 Å². The van der Waals surface area contributed by atoms with Crippen LogP contribution in [0.25, 0.3) is 0 Å². The van der Waals surface area contributed by atoms with E-state index in [1.165, 1.54) is 48.8 Å². The Kier molecular flexibility index (Phi) is 5.40. The Morgan fingerprint density at radius 3 is 1.91 bits per heavy atom. The van der Waals surface area contributed by atoms with E-state index in [1.807, 2.05) is 7.11 Å². The van der Waals surface area contributed by atoms with Gasteiger partial charge in [0.05, 0.1) is 7.11 Å². The summed E-state index contributed by atoms with van der Waals surface area (Å²) in [6, 6.07) is 21.7. The van der Waals surface area contributed by atoms with Crippen molar-refractivity contribution >= 4 is 0 Å². The van der Waals surface area contributed by atoms with E-state index in [9.17, 15) is 0 Å². The number of hydrogen-bond donors (Lipinski definition) is 0. The van der Waals surface area contributed by atoms with Gasteiger partial charge < -0.3 is 0 Å². The van der Waals surface area contributed by atoms with E-state index in [1.54, 1.807) is 0 Å². The van der Waals surface area contributed by atoms with E-state index in [2.05, 4.69) is 67.6 Å². The van der Waals surface area contributed by atoms with E-state index in [0.717, 1.165) is 0 Å². The zero-order chi connectivity index (χ0) is 16.1. The van der Waals surface area contributed by atoms with Crippen molar-refractivity contribution in [2.75, 3.05) is 7.11 Å². The fraction of sp³-hybridized carbons (Fsp3) is 0.364. The molecule has 1 fully saturated rings. The van der Waals surface area contributed by atoms with Gasteiger partial charge in [-0.05, 0) is 30.4 Å². The van der Waals surface area contributed by atoms with Crippen LogP contribution in [0.15, 0.2) is 60.7 Å². The molecule has 1 saturated carbocycles. The van der Waals surface area contributed by atoms with Gasteiger partial charge in [0.2, 0.25) is 6.10 Å². The molecule has 3 rings (SSSR count). The van der Waals surface area contributed by atoms with E-state index in [-0.39, 0.29) is 0 Å². The highest BCUT2D eigenvalue weighted by atomic mass is 16.5. The lowest BCUT2D eigenvalue weighted by molar-refractivity contribution is 0.112. The lowest BCUT2D eigenvalue weighted by Crippen LogP contribution is -2.31. The molecule has 0 heterocycles. The van der Waals surface area contributed by atoms with Crippen molar-refractivity contribution in [2.45, 2.75) is 32.6 Å². The minimum absolute atomic E-state index is 0.518. The van der Waals surface area contributed by atoms with E-state index in [4.69, 9.17) is 4.74 Å². The maximum Gasteiger partial charge on any atom is 0.241 e. The molecule has 2 aromatic carbocycles. The Bertz CT molecular complexity index is 538. The number of ether oxygens (including phenoxy) is 1. The van der Waals surface area contributed by atoms with Crippen molar-refractivity contribution in [1.29, 1.82) is 0 Å². The van der Waals surface area contributed by atoms with Crippen molar-refractivity contribution in [3.63, 3.8) is 0 Å². The first kappa shape index (κ1) is 16.1. The predicted molar refractivity (Wildman–Crippen MR) is 95.7 cm³/mol. The van der Waals surface area contributed by atoms with Crippen LogP contribution in [0.2, 0.25) is 0 Å². The van der Waals surface area contributed by atoms with Gasteiger partial charge in [-0.15, -0.1) is 0 Å². The minimum atomic E-state index is 0.518. The van der Waals surface area contributed by atoms with Crippen LogP contribution < -0.4 is 0 Å². The summed E-state index contributed by atoms with van der Waals surface area (Å²) < 4.78 is 5.65. The molecule has 1 aliphatic carbocycles. The summed E-state index contributed by atoms with van der Waals surface area (Å²) in [6.45, 7) is 2.15. The van der Waals surface area contributed by atoms with Crippen LogP contribution in [-0.2, 0) is 4.74 Å². The Morgan fingerprint density at radius 1 is 0.870 bits per heavy atom. The SMILES string of the molecule is CO[C+](C)C1CCCCC1[C](c1ccccc1)c1ccccc1. The molecule has 0 N–H and O–H groups in total. The summed E-state index contributed by atoms with van der Waals surface area (Å²) in [5, 5.41) is 0. The molecule has 0 bridgehead atoms. The normalized spacial score (nSPS) is 21.3. The largest absolute Gasteiger partial charge is 0.241 e. The summed E-state index contributed by atoms with van der Waals surface area (Å²) in [5.74, 6) is 2.53. The van der Waals surface area contributed by atoms with Crippen molar-refractivity contribution in [1.82, 2.24) is 0 Å². The maximum absolute atomic E-state index is 5.65. The first-order valence-corrected chi connectivity index (χ1v) is 8.66. The van der Waals surface area contributed by atoms with Gasteiger partial charge in [-0.2, -0.15) is 4.74 Å². The molecule has 0 amide bonds. The van der Waals surface area contributed by atoms with Gasteiger partial charge in [0, 0.05) is 11.8 Å². The first-order chi connectivity index (χ1) is 11.3. The van der Waals surface area contributed by atoms with Gasteiger partial charge in [-0.25, -0.2) is 0 Å². The van der Waals surface area contributed by atoms with Gasteiger partial charge in [0.1, 0.15) is 12.8 Å². The Balaban J connectivity index is 2.00. The van der Waals surface area contributed by atoms with Crippen LogP contribution in [0.4, 0.5) is 0 Å². The van der Waals surface area contributed by atoms with E-state index in [0.29, 0.717) is 11.8 Å². The molecular weight excluding hydrogens is 280 g/mol. The third-order valence-electron chi connectivity index (χ3n) is 5.15. The molecule has 0 aromatic heterocycles. The van der Waals surface area contributed by atoms with Crippen LogP contribution >= 0.6 is 0 Å². The lowest BCUT2D eigenvalue weighted by Gasteiger charge is -2.34. The van der Waals surface area contributed by atoms with Crippen LogP contribution in [0.1, 0.15) is 43.7 Å². The van der Waals surface area contributed by atoms with Gasteiger partial charge in [-0.3, -0.25) is 0 Å². The van der Waals surface area contributed by atoms with Crippen molar-refractivity contribution in [3.05, 3.63) is 83.8 Å². The van der Waals surface area contributed by atoms with Gasteiger partial charge in [0.15, 0.2) is 0 Å². The van der Waals surface area contributed by atoms with Crippen molar-refractivity contribution in [2.24, 2.45) is 11.8 Å². The number of rotatable bonds is 5. The average Bonchev–Trinajstić information content (AvgIpc) is 2.63. The summed E-state index contributed by atoms with van der Waals surface area (Å²) in [7, 11) is 1.81. The molecule has 0 aliphatic heterocycles. The van der Waals surface area contributed by atoms with Crippen LogP contribution in [0.3, 0.4) is 0 Å². The fourth-order valence-electron chi connectivity index (χ4n) is 3.94. The summed E-state index contributed by atoms with van der Waals surface area (Å²) >= 11 is 0. The van der Waals surface area contributed by atoms with Crippen molar-refractivity contribution < 1.29 is 4.74 Å². The standard InChI is InChI=1S/C22H26O/c1-17(23-2)20-15-9-10-16-21(20)22(18-11-5-3-6-12-18)19-13-7-4-8-14-19/h3-8,11-14,20-21H,9-10,15-16H2,1-2H3/q+1. The number of benzene rings is 2. The monoisotopic (exact) mass is 306 g/mol. The maximum atomic E-state index is 5.65. The molecule has 1 heteroatoms. The van der Waals surface area contributed by atoms with Gasteiger partial charge in [-0.1, -0.05) is 67.1 Å². The Hall–Kier alpha value is -1.73. The predicted octanol–water partition coefficient (Wildman–Crippen LogP) is 5.66. The number of methoxy groups -OCH3 is 1. The second-order valence-corrected chi connectivity index (χ2v) is 6.46. The number of hydrogen-bond acceptors (Lipinski definition) is 1. The second kappa shape index (κ2) is 7.70. The molecule has 1 aliphatic rings. The quantitative estimate of drug-likeness (QED) is 0.647. The molecule has 119 valence electrons. The fourth-order valence-corrected chi connectivity index (χ4v) is 3.94. The van der Waals surface area contributed by atoms with Gasteiger partial charge in [0.25, 0.3) is 0 Å². The lowest BCUT2D eigenvalue weighted by atomic mass is 9.66. The molecule has 1 nitrogen and oxygen atoms in total. The Labute approximate surface area is 140 Å². The van der Waals surface area contributed by atoms with E-state index >= 15 is 0 Å². The van der Waals surface area contributed by atoms with Crippen molar-refractivity contribution in [3.8, 4) is 0 Å². The highest BCUT2D eigenvalue weighted by Crippen LogP contribution is 2.46. The smallest absolute Gasteiger partial charge is 0.197 e. The zero-order valence-electron chi connectivity index (χ0n) is 14.2. The third-order valence-corrected chi connectivity index (χ3v) is 5.15. The average molecular weight is 306 g/mol. The summed E-state index contributed by atoms with van der Waals surface area (Å²) in [4.78, 5) is 0. The second-order valence-electron chi connectivity index (χ2n) is 6.46. The van der Waals surface area contributed by atoms with Gasteiger partial charge >= 0.3 is 0 Å². The molecule has 1 radical (unpaired) electrons. The molecule has 0 spiro atoms. The first-order valence-electron chi connectivity index (χ1n) is 8.66. The van der Waals surface area contributed by atoms with Crippen LogP contribution in [0.5, 0.6) is 0 Å². The summed E-state index contributed by atoms with van der Waals surface area (Å²) in [5.41, 5.74) is 2.69. The van der Waals surface area contributed by atoms with Crippen LogP contribution in [-0.4, -0.2) is 7.11 Å². The van der Waals surface area contributed by atoms with Crippen LogP contribution in [0, 0.1) is 23.9 Å². The summed E-state index contributed by atoms with van der Waals surface area (Å²) in [6.07, 6.45) is 6.26. The molecule has 23 heavy (non-hydrogen) atoms. The Morgan fingerprint density at radius 2 is 1.39 bits per heavy atom. The van der Waals surface area contributed by atoms with E-state index < -0.39 is 0 Å². The minimum Gasteiger partial charge on any atom is -0.197 e. The molecule has 2 unspecified atom stereocenters. The highest BCUT2D eigenvalue weighted by Gasteiger charge is 2.43. The molecule has 2 atom stereocenters. The molecule has 2 aromatic rings. The molecular formula is C22H26O+. The third kappa shape index (κ3) is 3.61.